The normalized spacial score (nSPS) is 14.8. The van der Waals surface area contributed by atoms with Crippen LogP contribution < -0.4 is 5.32 Å². The van der Waals surface area contributed by atoms with Gasteiger partial charge in [0.15, 0.2) is 0 Å². The van der Waals surface area contributed by atoms with Crippen molar-refractivity contribution in [3.63, 3.8) is 0 Å². The number of nitrogens with one attached hydrogen (secondary N) is 1. The van der Waals surface area contributed by atoms with Gasteiger partial charge in [-0.2, -0.15) is 4.98 Å². The van der Waals surface area contributed by atoms with Crippen molar-refractivity contribution in [1.29, 1.82) is 0 Å². The zero-order valence-corrected chi connectivity index (χ0v) is 18.0. The molecule has 0 spiro atoms. The van der Waals surface area contributed by atoms with Crippen molar-refractivity contribution < 1.29 is 23.3 Å². The van der Waals surface area contributed by atoms with Crippen molar-refractivity contribution in [3.05, 3.63) is 71.0 Å². The van der Waals surface area contributed by atoms with Gasteiger partial charge in [-0.3, -0.25) is 24.3 Å². The molecule has 9 nitrogen and oxygen atoms in total. The van der Waals surface area contributed by atoms with E-state index in [1.165, 1.54) is 30.3 Å². The lowest BCUT2D eigenvalue weighted by molar-refractivity contribution is -0.124. The first-order chi connectivity index (χ1) is 16.0. The summed E-state index contributed by atoms with van der Waals surface area (Å²) in [6, 6.07) is 9.15. The lowest BCUT2D eigenvalue weighted by Crippen LogP contribution is -2.37. The average Bonchev–Trinajstić information content (AvgIpc) is 3.40. The summed E-state index contributed by atoms with van der Waals surface area (Å²) in [6.45, 7) is 0.161. The summed E-state index contributed by atoms with van der Waals surface area (Å²) >= 11 is 0.808. The van der Waals surface area contributed by atoms with E-state index in [1.54, 1.807) is 24.5 Å². The van der Waals surface area contributed by atoms with Crippen molar-refractivity contribution in [2.45, 2.75) is 12.8 Å². The first kappa shape index (κ1) is 22.3. The van der Waals surface area contributed by atoms with Gasteiger partial charge in [-0.25, -0.2) is 4.39 Å². The number of amides is 3. The third kappa shape index (κ3) is 5.69. The number of carbonyl (C=O) groups is 3. The Hall–Kier alpha value is -3.86. The molecule has 2 aromatic heterocycles. The van der Waals surface area contributed by atoms with Crippen molar-refractivity contribution in [1.82, 2.24) is 25.3 Å². The van der Waals surface area contributed by atoms with Gasteiger partial charge in [0.25, 0.3) is 11.1 Å². The SMILES string of the molecule is O=C(CCc1nc(-c2cccnc2)no1)NCCN1C(=O)S/C(=C\c2ccc(F)cc2)C1=O. The second kappa shape index (κ2) is 10.2. The fraction of sp³-hybridized carbons (Fsp3) is 0.182. The largest absolute Gasteiger partial charge is 0.354 e. The van der Waals surface area contributed by atoms with Gasteiger partial charge in [0.2, 0.25) is 17.6 Å². The quantitative estimate of drug-likeness (QED) is 0.502. The number of rotatable bonds is 8. The monoisotopic (exact) mass is 467 g/mol. The summed E-state index contributed by atoms with van der Waals surface area (Å²) in [4.78, 5) is 46.3. The number of hydrogen-bond donors (Lipinski definition) is 1. The predicted octanol–water partition coefficient (Wildman–Crippen LogP) is 3.06. The highest BCUT2D eigenvalue weighted by Crippen LogP contribution is 2.31. The van der Waals surface area contributed by atoms with Crippen molar-refractivity contribution in [2.75, 3.05) is 13.1 Å². The molecule has 3 heterocycles. The maximum Gasteiger partial charge on any atom is 0.293 e. The number of carbonyl (C=O) groups excluding carboxylic acids is 3. The number of halogens is 1. The molecule has 168 valence electrons. The van der Waals surface area contributed by atoms with Crippen molar-refractivity contribution in [3.8, 4) is 11.4 Å². The molecule has 1 saturated heterocycles. The number of thioether (sulfide) groups is 1. The molecule has 0 atom stereocenters. The van der Waals surface area contributed by atoms with Crippen LogP contribution in [0.15, 0.2) is 58.2 Å². The second-order valence-corrected chi connectivity index (χ2v) is 7.98. The Balaban J connectivity index is 1.23. The summed E-state index contributed by atoms with van der Waals surface area (Å²) in [5, 5.41) is 6.13. The second-order valence-electron chi connectivity index (χ2n) is 6.99. The standard InChI is InChI=1S/C22H18FN5O4S/c23-16-5-3-14(4-6-16)12-17-21(30)28(22(31)33-17)11-10-25-18(29)7-8-19-26-20(27-32-19)15-2-1-9-24-13-15/h1-6,9,12-13H,7-8,10-11H2,(H,25,29)/b17-12-. The highest BCUT2D eigenvalue weighted by molar-refractivity contribution is 8.18. The van der Waals surface area contributed by atoms with Crippen LogP contribution in [0.4, 0.5) is 9.18 Å². The fourth-order valence-corrected chi connectivity index (χ4v) is 3.85. The van der Waals surface area contributed by atoms with Crippen LogP contribution in [0.1, 0.15) is 17.9 Å². The van der Waals surface area contributed by atoms with E-state index in [2.05, 4.69) is 20.4 Å². The third-order valence-electron chi connectivity index (χ3n) is 4.65. The maximum absolute atomic E-state index is 13.0. The number of imide groups is 1. The first-order valence-electron chi connectivity index (χ1n) is 10.0. The molecule has 0 unspecified atom stereocenters. The summed E-state index contributed by atoms with van der Waals surface area (Å²) in [7, 11) is 0. The van der Waals surface area contributed by atoms with E-state index in [-0.39, 0.29) is 42.6 Å². The first-order valence-corrected chi connectivity index (χ1v) is 10.8. The molecule has 0 bridgehead atoms. The fourth-order valence-electron chi connectivity index (χ4n) is 2.99. The zero-order chi connectivity index (χ0) is 23.2. The van der Waals surface area contributed by atoms with Crippen LogP contribution in [0, 0.1) is 5.82 Å². The summed E-state index contributed by atoms with van der Waals surface area (Å²) in [5.74, 6) is -0.390. The molecule has 1 aromatic carbocycles. The predicted molar refractivity (Wildman–Crippen MR) is 118 cm³/mol. The van der Waals surface area contributed by atoms with E-state index in [0.29, 0.717) is 22.8 Å². The molecule has 0 saturated carbocycles. The van der Waals surface area contributed by atoms with Crippen LogP contribution in [0.2, 0.25) is 0 Å². The molecule has 1 aliphatic rings. The number of pyridine rings is 1. The van der Waals surface area contributed by atoms with Gasteiger partial charge in [0.1, 0.15) is 5.82 Å². The summed E-state index contributed by atoms with van der Waals surface area (Å²) in [5.41, 5.74) is 1.32. The van der Waals surface area contributed by atoms with E-state index in [9.17, 15) is 18.8 Å². The Kier molecular flexibility index (Phi) is 6.89. The Bertz CT molecular complexity index is 1200. The van der Waals surface area contributed by atoms with Crippen LogP contribution in [-0.4, -0.2) is 50.2 Å². The van der Waals surface area contributed by atoms with Gasteiger partial charge >= 0.3 is 0 Å². The smallest absolute Gasteiger partial charge is 0.293 e. The molecular formula is C22H18FN5O4S. The summed E-state index contributed by atoms with van der Waals surface area (Å²) in [6.07, 6.45) is 5.15. The number of nitrogens with zero attached hydrogens (tertiary/aromatic N) is 4. The number of hydrogen-bond acceptors (Lipinski definition) is 8. The molecule has 0 aliphatic carbocycles. The number of benzene rings is 1. The topological polar surface area (TPSA) is 118 Å². The van der Waals surface area contributed by atoms with E-state index >= 15 is 0 Å². The van der Waals surface area contributed by atoms with E-state index in [4.69, 9.17) is 4.52 Å². The highest BCUT2D eigenvalue weighted by Gasteiger charge is 2.34. The highest BCUT2D eigenvalue weighted by atomic mass is 32.2. The average molecular weight is 467 g/mol. The van der Waals surface area contributed by atoms with Crippen molar-refractivity contribution >= 4 is 34.9 Å². The van der Waals surface area contributed by atoms with Crippen LogP contribution in [0.5, 0.6) is 0 Å². The van der Waals surface area contributed by atoms with E-state index in [0.717, 1.165) is 16.7 Å². The minimum absolute atomic E-state index is 0.0445. The van der Waals surface area contributed by atoms with Gasteiger partial charge in [-0.1, -0.05) is 17.3 Å². The molecule has 33 heavy (non-hydrogen) atoms. The summed E-state index contributed by atoms with van der Waals surface area (Å²) < 4.78 is 18.2. The van der Waals surface area contributed by atoms with Crippen LogP contribution >= 0.6 is 11.8 Å². The number of aromatic nitrogens is 3. The minimum atomic E-state index is -0.447. The Morgan fingerprint density at radius 3 is 2.79 bits per heavy atom. The van der Waals surface area contributed by atoms with Crippen LogP contribution in [-0.2, 0) is 16.0 Å². The van der Waals surface area contributed by atoms with Gasteiger partial charge in [0, 0.05) is 43.9 Å². The van der Waals surface area contributed by atoms with Crippen LogP contribution in [0.25, 0.3) is 17.5 Å². The van der Waals surface area contributed by atoms with E-state index < -0.39 is 11.1 Å². The maximum atomic E-state index is 13.0. The van der Waals surface area contributed by atoms with Crippen molar-refractivity contribution in [2.24, 2.45) is 0 Å². The Morgan fingerprint density at radius 1 is 1.21 bits per heavy atom. The van der Waals surface area contributed by atoms with Gasteiger partial charge < -0.3 is 9.84 Å². The molecule has 4 rings (SSSR count). The molecule has 3 aromatic rings. The van der Waals surface area contributed by atoms with Gasteiger partial charge in [-0.05, 0) is 47.7 Å². The molecule has 11 heteroatoms. The molecule has 1 fully saturated rings. The molecule has 0 radical (unpaired) electrons. The zero-order valence-electron chi connectivity index (χ0n) is 17.2. The lowest BCUT2D eigenvalue weighted by Gasteiger charge is -2.12. The number of aryl methyl sites for hydroxylation is 1. The lowest BCUT2D eigenvalue weighted by atomic mass is 10.2. The molecule has 1 aliphatic heterocycles. The van der Waals surface area contributed by atoms with Crippen LogP contribution in [0.3, 0.4) is 0 Å². The minimum Gasteiger partial charge on any atom is -0.354 e. The Labute approximate surface area is 192 Å². The van der Waals surface area contributed by atoms with Gasteiger partial charge in [-0.15, -0.1) is 0 Å². The van der Waals surface area contributed by atoms with E-state index in [1.807, 2.05) is 0 Å². The third-order valence-corrected chi connectivity index (χ3v) is 5.56. The molecular weight excluding hydrogens is 449 g/mol. The van der Waals surface area contributed by atoms with Gasteiger partial charge in [0.05, 0.1) is 4.91 Å². The Morgan fingerprint density at radius 2 is 2.03 bits per heavy atom. The molecule has 3 amide bonds. The molecule has 1 N–H and O–H groups in total.